The zero-order chi connectivity index (χ0) is 13.4. The Hall–Kier alpha value is -1.35. The van der Waals surface area contributed by atoms with Gasteiger partial charge in [-0.15, -0.1) is 6.58 Å². The number of unbranched alkanes of at least 4 members (excludes halogenated alkanes) is 1. The number of hydrogen-bond donors (Lipinski definition) is 1. The fourth-order valence-corrected chi connectivity index (χ4v) is 1.45. The molecule has 0 radical (unpaired) electrons. The van der Waals surface area contributed by atoms with Crippen LogP contribution in [-0.4, -0.2) is 17.1 Å². The van der Waals surface area contributed by atoms with Gasteiger partial charge in [0.1, 0.15) is 0 Å². The molecule has 100 valence electrons. The molecule has 0 saturated carbocycles. The minimum atomic E-state index is 0.0932. The molecule has 1 aromatic heterocycles. The van der Waals surface area contributed by atoms with Crippen molar-refractivity contribution in [2.24, 2.45) is 0 Å². The second-order valence-electron chi connectivity index (χ2n) is 5.35. The molecule has 0 aromatic carbocycles. The summed E-state index contributed by atoms with van der Waals surface area (Å²) >= 11 is 0. The fourth-order valence-electron chi connectivity index (χ4n) is 1.45. The number of ether oxygens (including phenoxy) is 1. The van der Waals surface area contributed by atoms with Gasteiger partial charge in [0, 0.05) is 23.8 Å². The van der Waals surface area contributed by atoms with Gasteiger partial charge in [-0.05, 0) is 39.7 Å². The molecule has 0 spiro atoms. The van der Waals surface area contributed by atoms with Crippen LogP contribution in [0.15, 0.2) is 31.0 Å². The molecule has 1 N–H and O–H groups in total. The molecule has 3 nitrogen and oxygen atoms in total. The van der Waals surface area contributed by atoms with Gasteiger partial charge in [-0.2, -0.15) is 0 Å². The number of nitrogens with one attached hydrogen (secondary N) is 1. The van der Waals surface area contributed by atoms with Crippen molar-refractivity contribution in [3.05, 3.63) is 36.5 Å². The van der Waals surface area contributed by atoms with Gasteiger partial charge >= 0.3 is 0 Å². The summed E-state index contributed by atoms with van der Waals surface area (Å²) in [5, 5.41) is 3.44. The van der Waals surface area contributed by atoms with E-state index in [0.717, 1.165) is 30.8 Å². The molecule has 0 aliphatic carbocycles. The first-order valence-corrected chi connectivity index (χ1v) is 6.45. The van der Waals surface area contributed by atoms with Crippen LogP contribution in [0.3, 0.4) is 0 Å². The molecule has 0 atom stereocenters. The average molecular weight is 248 g/mol. The zero-order valence-corrected chi connectivity index (χ0v) is 11.7. The molecular formula is C15H24N2O. The highest BCUT2D eigenvalue weighted by atomic mass is 16.5. The fraction of sp³-hybridized carbons (Fsp3) is 0.533. The first kappa shape index (κ1) is 14.7. The maximum Gasteiger partial charge on any atom is 0.217 e. The molecule has 1 heterocycles. The van der Waals surface area contributed by atoms with Crippen molar-refractivity contribution < 1.29 is 4.74 Å². The van der Waals surface area contributed by atoms with Gasteiger partial charge in [-0.3, -0.25) is 0 Å². The van der Waals surface area contributed by atoms with Crippen molar-refractivity contribution in [1.29, 1.82) is 0 Å². The molecule has 0 fully saturated rings. The number of nitrogens with zero attached hydrogens (tertiary/aromatic N) is 1. The van der Waals surface area contributed by atoms with E-state index < -0.39 is 0 Å². The average Bonchev–Trinajstić information content (AvgIpc) is 2.32. The summed E-state index contributed by atoms with van der Waals surface area (Å²) in [7, 11) is 0. The lowest BCUT2D eigenvalue weighted by Crippen LogP contribution is -2.35. The van der Waals surface area contributed by atoms with E-state index in [1.165, 1.54) is 0 Å². The maximum absolute atomic E-state index is 5.71. The highest BCUT2D eigenvalue weighted by Crippen LogP contribution is 2.15. The Bertz CT molecular complexity index is 369. The molecule has 1 rings (SSSR count). The van der Waals surface area contributed by atoms with E-state index in [9.17, 15) is 0 Å². The molecule has 0 amide bonds. The predicted molar refractivity (Wildman–Crippen MR) is 75.8 cm³/mol. The topological polar surface area (TPSA) is 34.1 Å². The summed E-state index contributed by atoms with van der Waals surface area (Å²) in [5.74, 6) is 0.735. The lowest BCUT2D eigenvalue weighted by molar-refractivity contribution is 0.294. The van der Waals surface area contributed by atoms with Crippen LogP contribution >= 0.6 is 0 Å². The number of rotatable bonds is 7. The molecule has 0 aliphatic rings. The first-order valence-electron chi connectivity index (χ1n) is 6.45. The van der Waals surface area contributed by atoms with Crippen LogP contribution in [0.25, 0.3) is 0 Å². The van der Waals surface area contributed by atoms with Gasteiger partial charge in [0.2, 0.25) is 5.88 Å². The smallest absolute Gasteiger partial charge is 0.217 e. The molecule has 1 aromatic rings. The summed E-state index contributed by atoms with van der Waals surface area (Å²) in [6.07, 6.45) is 5.63. The molecule has 18 heavy (non-hydrogen) atoms. The second kappa shape index (κ2) is 7.17. The Kier molecular flexibility index (Phi) is 5.86. The maximum atomic E-state index is 5.71. The molecule has 3 heteroatoms. The van der Waals surface area contributed by atoms with Gasteiger partial charge in [0.05, 0.1) is 6.61 Å². The quantitative estimate of drug-likeness (QED) is 0.594. The summed E-state index contributed by atoms with van der Waals surface area (Å²) < 4.78 is 5.71. The van der Waals surface area contributed by atoms with Crippen LogP contribution in [0.2, 0.25) is 0 Å². The van der Waals surface area contributed by atoms with Crippen LogP contribution < -0.4 is 10.1 Å². The van der Waals surface area contributed by atoms with Crippen molar-refractivity contribution in [2.75, 3.05) is 6.61 Å². The summed E-state index contributed by atoms with van der Waals surface area (Å²) in [6.45, 7) is 11.6. The highest BCUT2D eigenvalue weighted by Gasteiger charge is 2.11. The number of pyridine rings is 1. The lowest BCUT2D eigenvalue weighted by Gasteiger charge is -2.21. The third-order valence-electron chi connectivity index (χ3n) is 2.45. The first-order chi connectivity index (χ1) is 8.53. The van der Waals surface area contributed by atoms with E-state index in [1.54, 1.807) is 6.20 Å². The van der Waals surface area contributed by atoms with Gasteiger partial charge in [-0.1, -0.05) is 12.1 Å². The molecule has 0 aliphatic heterocycles. The van der Waals surface area contributed by atoms with Crippen LogP contribution in [0.4, 0.5) is 0 Å². The SMILES string of the molecule is C=CCCCOc1ncccc1CNC(C)(C)C. The third kappa shape index (κ3) is 5.82. The van der Waals surface area contributed by atoms with Crippen LogP contribution in [-0.2, 0) is 6.54 Å². The van der Waals surface area contributed by atoms with Crippen molar-refractivity contribution in [1.82, 2.24) is 10.3 Å². The minimum Gasteiger partial charge on any atom is -0.477 e. The third-order valence-corrected chi connectivity index (χ3v) is 2.45. The summed E-state index contributed by atoms with van der Waals surface area (Å²) in [4.78, 5) is 4.29. The van der Waals surface area contributed by atoms with E-state index in [4.69, 9.17) is 4.74 Å². The Balaban J connectivity index is 2.53. The Morgan fingerprint density at radius 2 is 2.22 bits per heavy atom. The van der Waals surface area contributed by atoms with Crippen molar-refractivity contribution >= 4 is 0 Å². The normalized spacial score (nSPS) is 11.3. The molecule has 0 bridgehead atoms. The summed E-state index contributed by atoms with van der Waals surface area (Å²) in [6, 6.07) is 3.99. The molecule has 0 saturated heterocycles. The van der Waals surface area contributed by atoms with E-state index in [2.05, 4.69) is 43.7 Å². The van der Waals surface area contributed by atoms with Gasteiger partial charge in [-0.25, -0.2) is 4.98 Å². The van der Waals surface area contributed by atoms with Crippen molar-refractivity contribution in [3.8, 4) is 5.88 Å². The van der Waals surface area contributed by atoms with Gasteiger partial charge in [0.25, 0.3) is 0 Å². The molecular weight excluding hydrogens is 224 g/mol. The van der Waals surface area contributed by atoms with Crippen LogP contribution in [0.5, 0.6) is 5.88 Å². The minimum absolute atomic E-state index is 0.0932. The Labute approximate surface area is 110 Å². The Morgan fingerprint density at radius 1 is 1.44 bits per heavy atom. The number of hydrogen-bond acceptors (Lipinski definition) is 3. The van der Waals surface area contributed by atoms with E-state index in [1.807, 2.05) is 12.1 Å². The Morgan fingerprint density at radius 3 is 2.89 bits per heavy atom. The van der Waals surface area contributed by atoms with E-state index in [0.29, 0.717) is 6.61 Å². The standard InChI is InChI=1S/C15H24N2O/c1-5-6-7-11-18-14-13(9-8-10-16-14)12-17-15(2,3)4/h5,8-10,17H,1,6-7,11-12H2,2-4H3. The predicted octanol–water partition coefficient (Wildman–Crippen LogP) is 3.31. The molecule has 0 unspecified atom stereocenters. The van der Waals surface area contributed by atoms with Crippen LogP contribution in [0.1, 0.15) is 39.2 Å². The largest absolute Gasteiger partial charge is 0.477 e. The summed E-state index contributed by atoms with van der Waals surface area (Å²) in [5.41, 5.74) is 1.20. The van der Waals surface area contributed by atoms with Gasteiger partial charge in [0.15, 0.2) is 0 Å². The van der Waals surface area contributed by atoms with Crippen molar-refractivity contribution in [3.63, 3.8) is 0 Å². The van der Waals surface area contributed by atoms with Crippen molar-refractivity contribution in [2.45, 2.75) is 45.7 Å². The monoisotopic (exact) mass is 248 g/mol. The number of aromatic nitrogens is 1. The van der Waals surface area contributed by atoms with Gasteiger partial charge < -0.3 is 10.1 Å². The zero-order valence-electron chi connectivity index (χ0n) is 11.7. The van der Waals surface area contributed by atoms with Crippen LogP contribution in [0, 0.1) is 0 Å². The van der Waals surface area contributed by atoms with E-state index >= 15 is 0 Å². The second-order valence-corrected chi connectivity index (χ2v) is 5.35. The highest BCUT2D eigenvalue weighted by molar-refractivity contribution is 5.25. The lowest BCUT2D eigenvalue weighted by atomic mass is 10.1. The van der Waals surface area contributed by atoms with E-state index in [-0.39, 0.29) is 5.54 Å². The number of allylic oxidation sites excluding steroid dienone is 1.